The van der Waals surface area contributed by atoms with Gasteiger partial charge in [0.05, 0.1) is 12.7 Å². The van der Waals surface area contributed by atoms with Crippen LogP contribution >= 0.6 is 0 Å². The van der Waals surface area contributed by atoms with E-state index >= 15 is 0 Å². The molecule has 1 aliphatic carbocycles. The molecule has 1 amide bonds. The fourth-order valence-corrected chi connectivity index (χ4v) is 2.71. The van der Waals surface area contributed by atoms with Crippen LogP contribution in [0.5, 0.6) is 0 Å². The van der Waals surface area contributed by atoms with E-state index in [1.165, 1.54) is 25.0 Å². The van der Waals surface area contributed by atoms with Gasteiger partial charge in [0.25, 0.3) is 0 Å². The Balaban J connectivity index is 1.73. The average Bonchev–Trinajstić information content (AvgIpc) is 3.00. The molecule has 0 atom stereocenters. The van der Waals surface area contributed by atoms with Crippen LogP contribution < -0.4 is 5.32 Å². The summed E-state index contributed by atoms with van der Waals surface area (Å²) in [6, 6.07) is 4.66. The number of carbonyl (C=O) groups is 1. The predicted molar refractivity (Wildman–Crippen MR) is 70.3 cm³/mol. The largest absolute Gasteiger partial charge is 0.464 e. The van der Waals surface area contributed by atoms with Crippen LogP contribution in [-0.4, -0.2) is 11.9 Å². The zero-order valence-corrected chi connectivity index (χ0v) is 10.6. The fourth-order valence-electron chi connectivity index (χ4n) is 2.71. The number of hydrogen-bond donors (Lipinski definition) is 1. The molecule has 1 heterocycles. The van der Waals surface area contributed by atoms with Crippen LogP contribution in [0.4, 0.5) is 4.39 Å². The summed E-state index contributed by atoms with van der Waals surface area (Å²) in [5.41, 5.74) is 1.36. The van der Waals surface area contributed by atoms with Crippen molar-refractivity contribution in [1.82, 2.24) is 5.32 Å². The third-order valence-corrected chi connectivity index (χ3v) is 3.69. The van der Waals surface area contributed by atoms with E-state index in [-0.39, 0.29) is 18.1 Å². The maximum Gasteiger partial charge on any atom is 0.224 e. The van der Waals surface area contributed by atoms with Gasteiger partial charge >= 0.3 is 0 Å². The van der Waals surface area contributed by atoms with Crippen molar-refractivity contribution in [2.45, 2.75) is 38.1 Å². The maximum absolute atomic E-state index is 13.2. The SMILES string of the molecule is O=C(Cc1coc2ccc(F)cc12)NC1CCCC1. The highest BCUT2D eigenvalue weighted by molar-refractivity contribution is 5.87. The Morgan fingerprint density at radius 3 is 2.95 bits per heavy atom. The molecule has 2 aromatic rings. The van der Waals surface area contributed by atoms with E-state index < -0.39 is 0 Å². The Hall–Kier alpha value is -1.84. The molecule has 1 fully saturated rings. The minimum atomic E-state index is -0.314. The lowest BCUT2D eigenvalue weighted by Gasteiger charge is -2.11. The van der Waals surface area contributed by atoms with Gasteiger partial charge in [-0.05, 0) is 31.0 Å². The molecule has 100 valence electrons. The molecule has 4 heteroatoms. The third kappa shape index (κ3) is 2.62. The Morgan fingerprint density at radius 1 is 1.37 bits per heavy atom. The van der Waals surface area contributed by atoms with Gasteiger partial charge in [-0.3, -0.25) is 4.79 Å². The summed E-state index contributed by atoms with van der Waals surface area (Å²) in [5.74, 6) is -0.329. The van der Waals surface area contributed by atoms with E-state index in [2.05, 4.69) is 5.32 Å². The van der Waals surface area contributed by atoms with Crippen molar-refractivity contribution >= 4 is 16.9 Å². The van der Waals surface area contributed by atoms with Gasteiger partial charge in [-0.15, -0.1) is 0 Å². The highest BCUT2D eigenvalue weighted by Crippen LogP contribution is 2.23. The van der Waals surface area contributed by atoms with Gasteiger partial charge < -0.3 is 9.73 Å². The highest BCUT2D eigenvalue weighted by atomic mass is 19.1. The first-order chi connectivity index (χ1) is 9.22. The van der Waals surface area contributed by atoms with Crippen LogP contribution in [0, 0.1) is 5.82 Å². The molecular weight excluding hydrogens is 245 g/mol. The van der Waals surface area contributed by atoms with Crippen molar-refractivity contribution in [3.63, 3.8) is 0 Å². The van der Waals surface area contributed by atoms with E-state index in [0.29, 0.717) is 17.0 Å². The van der Waals surface area contributed by atoms with Gasteiger partial charge in [0.1, 0.15) is 11.4 Å². The number of halogens is 1. The lowest BCUT2D eigenvalue weighted by atomic mass is 10.1. The minimum Gasteiger partial charge on any atom is -0.464 e. The van der Waals surface area contributed by atoms with E-state index in [9.17, 15) is 9.18 Å². The molecule has 3 rings (SSSR count). The molecule has 3 nitrogen and oxygen atoms in total. The van der Waals surface area contributed by atoms with Crippen LogP contribution in [0.15, 0.2) is 28.9 Å². The molecular formula is C15H16FNO2. The number of carbonyl (C=O) groups excluding carboxylic acids is 1. The second-order valence-corrected chi connectivity index (χ2v) is 5.13. The fraction of sp³-hybridized carbons (Fsp3) is 0.400. The van der Waals surface area contributed by atoms with Gasteiger partial charge in [0.15, 0.2) is 0 Å². The van der Waals surface area contributed by atoms with E-state index in [4.69, 9.17) is 4.42 Å². The topological polar surface area (TPSA) is 42.2 Å². The van der Waals surface area contributed by atoms with Crippen molar-refractivity contribution in [2.24, 2.45) is 0 Å². The Kier molecular flexibility index (Phi) is 3.23. The lowest BCUT2D eigenvalue weighted by Crippen LogP contribution is -2.33. The number of rotatable bonds is 3. The van der Waals surface area contributed by atoms with Gasteiger partial charge in [-0.2, -0.15) is 0 Å². The number of hydrogen-bond acceptors (Lipinski definition) is 2. The summed E-state index contributed by atoms with van der Waals surface area (Å²) >= 11 is 0. The Morgan fingerprint density at radius 2 is 2.16 bits per heavy atom. The molecule has 1 N–H and O–H groups in total. The quantitative estimate of drug-likeness (QED) is 0.922. The first-order valence-electron chi connectivity index (χ1n) is 6.67. The zero-order chi connectivity index (χ0) is 13.2. The molecule has 0 saturated heterocycles. The predicted octanol–water partition coefficient (Wildman–Crippen LogP) is 3.17. The van der Waals surface area contributed by atoms with Crippen molar-refractivity contribution in [1.29, 1.82) is 0 Å². The summed E-state index contributed by atoms with van der Waals surface area (Å²) in [5, 5.41) is 3.70. The zero-order valence-electron chi connectivity index (χ0n) is 10.6. The van der Waals surface area contributed by atoms with Gasteiger partial charge in [-0.25, -0.2) is 4.39 Å². The molecule has 0 unspecified atom stereocenters. The number of amides is 1. The molecule has 1 aromatic heterocycles. The van der Waals surface area contributed by atoms with Gasteiger partial charge in [0, 0.05) is 17.0 Å². The van der Waals surface area contributed by atoms with Crippen LogP contribution in [0.25, 0.3) is 11.0 Å². The van der Waals surface area contributed by atoms with Crippen molar-refractivity contribution < 1.29 is 13.6 Å². The van der Waals surface area contributed by atoms with Crippen LogP contribution in [0.2, 0.25) is 0 Å². The molecule has 1 aromatic carbocycles. The van der Waals surface area contributed by atoms with Crippen LogP contribution in [0.1, 0.15) is 31.2 Å². The van der Waals surface area contributed by atoms with Crippen LogP contribution in [-0.2, 0) is 11.2 Å². The van der Waals surface area contributed by atoms with Crippen LogP contribution in [0.3, 0.4) is 0 Å². The summed E-state index contributed by atoms with van der Waals surface area (Å²) < 4.78 is 18.5. The second kappa shape index (κ2) is 5.03. The van der Waals surface area contributed by atoms with Crippen molar-refractivity contribution in [3.8, 4) is 0 Å². The molecule has 0 spiro atoms. The number of benzene rings is 1. The number of furan rings is 1. The van der Waals surface area contributed by atoms with Gasteiger partial charge in [-0.1, -0.05) is 12.8 Å². The molecule has 0 aliphatic heterocycles. The number of fused-ring (bicyclic) bond motifs is 1. The van der Waals surface area contributed by atoms with Gasteiger partial charge in [0.2, 0.25) is 5.91 Å². The molecule has 1 aliphatic rings. The summed E-state index contributed by atoms with van der Waals surface area (Å²) in [7, 11) is 0. The van der Waals surface area contributed by atoms with Crippen molar-refractivity contribution in [2.75, 3.05) is 0 Å². The van der Waals surface area contributed by atoms with E-state index in [1.807, 2.05) is 0 Å². The molecule has 0 radical (unpaired) electrons. The third-order valence-electron chi connectivity index (χ3n) is 3.69. The highest BCUT2D eigenvalue weighted by Gasteiger charge is 2.18. The number of nitrogens with one attached hydrogen (secondary N) is 1. The second-order valence-electron chi connectivity index (χ2n) is 5.13. The lowest BCUT2D eigenvalue weighted by molar-refractivity contribution is -0.121. The Labute approximate surface area is 110 Å². The standard InChI is InChI=1S/C15H16FNO2/c16-11-5-6-14-13(8-11)10(9-19-14)7-15(18)17-12-3-1-2-4-12/h5-6,8-9,12H,1-4,7H2,(H,17,18). The van der Waals surface area contributed by atoms with E-state index in [0.717, 1.165) is 18.4 Å². The maximum atomic E-state index is 13.2. The summed E-state index contributed by atoms with van der Waals surface area (Å²) in [4.78, 5) is 11.9. The Bertz CT molecular complexity index is 599. The van der Waals surface area contributed by atoms with Crippen molar-refractivity contribution in [3.05, 3.63) is 35.8 Å². The average molecular weight is 261 g/mol. The smallest absolute Gasteiger partial charge is 0.224 e. The summed E-state index contributed by atoms with van der Waals surface area (Å²) in [6.07, 6.45) is 6.28. The summed E-state index contributed by atoms with van der Waals surface area (Å²) in [6.45, 7) is 0. The molecule has 0 bridgehead atoms. The first kappa shape index (κ1) is 12.2. The minimum absolute atomic E-state index is 0.0149. The normalized spacial score (nSPS) is 16.1. The van der Waals surface area contributed by atoms with E-state index in [1.54, 1.807) is 12.3 Å². The molecule has 1 saturated carbocycles. The first-order valence-corrected chi connectivity index (χ1v) is 6.67. The molecule has 19 heavy (non-hydrogen) atoms. The monoisotopic (exact) mass is 261 g/mol.